The van der Waals surface area contributed by atoms with Crippen molar-refractivity contribution in [2.24, 2.45) is 7.05 Å². The summed E-state index contributed by atoms with van der Waals surface area (Å²) < 4.78 is 1.70. The van der Waals surface area contributed by atoms with E-state index in [1.807, 2.05) is 20.2 Å². The number of nitrogens with zero attached hydrogens (tertiary/aromatic N) is 3. The van der Waals surface area contributed by atoms with Gasteiger partial charge in [0.2, 0.25) is 0 Å². The Morgan fingerprint density at radius 1 is 1.59 bits per heavy atom. The number of nitrogens with two attached hydrogens (primary N) is 1. The highest BCUT2D eigenvalue weighted by Gasteiger charge is 2.14. The number of hydrogen-bond acceptors (Lipinski definition) is 5. The standard InChI is InChI=1S/C10H13N5OS/c1-6(7-3-13-15(2)5-7)14-9(16)8-4-12-10(11)17-8/h3-6H,1-2H3,(H2,11,12)(H,14,16). The van der Waals surface area contributed by atoms with Crippen molar-refractivity contribution < 1.29 is 4.79 Å². The minimum absolute atomic E-state index is 0.0977. The summed E-state index contributed by atoms with van der Waals surface area (Å²) in [6.07, 6.45) is 5.07. The minimum Gasteiger partial charge on any atom is -0.375 e. The minimum atomic E-state index is -0.171. The quantitative estimate of drug-likeness (QED) is 0.850. The number of aryl methyl sites for hydroxylation is 1. The van der Waals surface area contributed by atoms with Gasteiger partial charge in [0.05, 0.1) is 18.4 Å². The molecule has 0 aromatic carbocycles. The Labute approximate surface area is 102 Å². The molecule has 0 radical (unpaired) electrons. The molecule has 1 unspecified atom stereocenters. The van der Waals surface area contributed by atoms with Crippen molar-refractivity contribution >= 4 is 22.4 Å². The lowest BCUT2D eigenvalue weighted by molar-refractivity contribution is 0.0944. The van der Waals surface area contributed by atoms with Gasteiger partial charge in [0.25, 0.3) is 5.91 Å². The first-order chi connectivity index (χ1) is 8.06. The zero-order valence-electron chi connectivity index (χ0n) is 9.54. The molecule has 0 aliphatic carbocycles. The number of rotatable bonds is 3. The smallest absolute Gasteiger partial charge is 0.263 e. The number of anilines is 1. The molecule has 0 spiro atoms. The van der Waals surface area contributed by atoms with E-state index in [-0.39, 0.29) is 11.9 Å². The van der Waals surface area contributed by atoms with E-state index in [9.17, 15) is 4.79 Å². The topological polar surface area (TPSA) is 85.8 Å². The second-order valence-electron chi connectivity index (χ2n) is 3.71. The Kier molecular flexibility index (Phi) is 3.10. The summed E-state index contributed by atoms with van der Waals surface area (Å²) in [7, 11) is 1.84. The molecule has 2 aromatic heterocycles. The van der Waals surface area contributed by atoms with Crippen molar-refractivity contribution in [2.45, 2.75) is 13.0 Å². The molecule has 17 heavy (non-hydrogen) atoms. The summed E-state index contributed by atoms with van der Waals surface area (Å²) in [6.45, 7) is 1.90. The van der Waals surface area contributed by atoms with Crippen LogP contribution in [0.1, 0.15) is 28.2 Å². The highest BCUT2D eigenvalue weighted by Crippen LogP contribution is 2.16. The van der Waals surface area contributed by atoms with Crippen LogP contribution in [0, 0.1) is 0 Å². The van der Waals surface area contributed by atoms with E-state index in [1.165, 1.54) is 17.5 Å². The van der Waals surface area contributed by atoms with Crippen LogP contribution in [0.15, 0.2) is 18.6 Å². The van der Waals surface area contributed by atoms with Crippen LogP contribution in [0.4, 0.5) is 5.13 Å². The molecule has 2 rings (SSSR count). The largest absolute Gasteiger partial charge is 0.375 e. The molecular formula is C10H13N5OS. The Bertz CT molecular complexity index is 532. The first-order valence-corrected chi connectivity index (χ1v) is 5.88. The summed E-state index contributed by atoms with van der Waals surface area (Å²) in [5.41, 5.74) is 6.43. The van der Waals surface area contributed by atoms with Gasteiger partial charge < -0.3 is 11.1 Å². The summed E-state index contributed by atoms with van der Waals surface area (Å²) in [5, 5.41) is 7.31. The van der Waals surface area contributed by atoms with Crippen molar-refractivity contribution in [2.75, 3.05) is 5.73 Å². The van der Waals surface area contributed by atoms with E-state index in [4.69, 9.17) is 5.73 Å². The second-order valence-corrected chi connectivity index (χ2v) is 4.77. The molecule has 6 nitrogen and oxygen atoms in total. The fourth-order valence-corrected chi connectivity index (χ4v) is 2.00. The summed E-state index contributed by atoms with van der Waals surface area (Å²) >= 11 is 1.17. The van der Waals surface area contributed by atoms with Crippen LogP contribution in [-0.2, 0) is 7.05 Å². The van der Waals surface area contributed by atoms with Crippen LogP contribution in [0.25, 0.3) is 0 Å². The van der Waals surface area contributed by atoms with Crippen LogP contribution in [0.5, 0.6) is 0 Å². The van der Waals surface area contributed by atoms with Crippen LogP contribution in [0.2, 0.25) is 0 Å². The molecule has 0 aliphatic heterocycles. The summed E-state index contributed by atoms with van der Waals surface area (Å²) in [6, 6.07) is -0.0977. The maximum absolute atomic E-state index is 11.8. The lowest BCUT2D eigenvalue weighted by atomic mass is 10.2. The van der Waals surface area contributed by atoms with Gasteiger partial charge in [-0.25, -0.2) is 4.98 Å². The fraction of sp³-hybridized carbons (Fsp3) is 0.300. The zero-order chi connectivity index (χ0) is 12.4. The molecule has 0 saturated carbocycles. The van der Waals surface area contributed by atoms with Crippen LogP contribution in [-0.4, -0.2) is 20.7 Å². The van der Waals surface area contributed by atoms with Gasteiger partial charge in [0, 0.05) is 18.8 Å². The molecule has 0 fully saturated rings. The van der Waals surface area contributed by atoms with Crippen LogP contribution in [0.3, 0.4) is 0 Å². The molecule has 2 heterocycles. The van der Waals surface area contributed by atoms with Crippen LogP contribution < -0.4 is 11.1 Å². The van der Waals surface area contributed by atoms with Gasteiger partial charge in [-0.15, -0.1) is 0 Å². The lowest BCUT2D eigenvalue weighted by Crippen LogP contribution is -2.25. The predicted octanol–water partition coefficient (Wildman–Crippen LogP) is 0.950. The summed E-state index contributed by atoms with van der Waals surface area (Å²) in [5.74, 6) is -0.171. The molecule has 1 amide bonds. The van der Waals surface area contributed by atoms with E-state index in [0.29, 0.717) is 10.0 Å². The van der Waals surface area contributed by atoms with Gasteiger partial charge in [-0.2, -0.15) is 5.10 Å². The van der Waals surface area contributed by atoms with Crippen molar-refractivity contribution in [3.63, 3.8) is 0 Å². The molecule has 7 heteroatoms. The molecule has 2 aromatic rings. The number of thiazole rings is 1. The average molecular weight is 251 g/mol. The van der Waals surface area contributed by atoms with E-state index in [2.05, 4.69) is 15.4 Å². The molecule has 3 N–H and O–H groups in total. The predicted molar refractivity (Wildman–Crippen MR) is 65.6 cm³/mol. The Hall–Kier alpha value is -1.89. The molecule has 0 bridgehead atoms. The third-order valence-electron chi connectivity index (χ3n) is 2.32. The van der Waals surface area contributed by atoms with Gasteiger partial charge >= 0.3 is 0 Å². The molecule has 1 atom stereocenters. The van der Waals surface area contributed by atoms with Gasteiger partial charge in [-0.05, 0) is 6.92 Å². The van der Waals surface area contributed by atoms with Crippen molar-refractivity contribution in [3.05, 3.63) is 29.0 Å². The number of hydrogen-bond donors (Lipinski definition) is 2. The summed E-state index contributed by atoms with van der Waals surface area (Å²) in [4.78, 5) is 16.2. The lowest BCUT2D eigenvalue weighted by Gasteiger charge is -2.10. The van der Waals surface area contributed by atoms with E-state index in [1.54, 1.807) is 10.9 Å². The highest BCUT2D eigenvalue weighted by atomic mass is 32.1. The molecular weight excluding hydrogens is 238 g/mol. The van der Waals surface area contributed by atoms with Crippen molar-refractivity contribution in [1.82, 2.24) is 20.1 Å². The highest BCUT2D eigenvalue weighted by molar-refractivity contribution is 7.17. The first kappa shape index (κ1) is 11.6. The number of nitrogens with one attached hydrogen (secondary N) is 1. The number of carbonyl (C=O) groups excluding carboxylic acids is 1. The van der Waals surface area contributed by atoms with Gasteiger partial charge in [-0.3, -0.25) is 9.48 Å². The normalized spacial score (nSPS) is 12.4. The Morgan fingerprint density at radius 3 is 2.88 bits per heavy atom. The van der Waals surface area contributed by atoms with Gasteiger partial charge in [-0.1, -0.05) is 11.3 Å². The third kappa shape index (κ3) is 2.62. The number of nitrogen functional groups attached to an aromatic ring is 1. The maximum atomic E-state index is 11.8. The third-order valence-corrected chi connectivity index (χ3v) is 3.15. The van der Waals surface area contributed by atoms with Gasteiger partial charge in [0.1, 0.15) is 4.88 Å². The fourth-order valence-electron chi connectivity index (χ4n) is 1.41. The SMILES string of the molecule is CC(NC(=O)c1cnc(N)s1)c1cnn(C)c1. The van der Waals surface area contributed by atoms with E-state index >= 15 is 0 Å². The first-order valence-electron chi connectivity index (χ1n) is 5.07. The molecule has 0 aliphatic rings. The molecule has 0 saturated heterocycles. The molecule has 90 valence electrons. The average Bonchev–Trinajstić information content (AvgIpc) is 2.87. The number of aromatic nitrogens is 3. The monoisotopic (exact) mass is 251 g/mol. The van der Waals surface area contributed by atoms with E-state index < -0.39 is 0 Å². The maximum Gasteiger partial charge on any atom is 0.263 e. The zero-order valence-corrected chi connectivity index (χ0v) is 10.4. The Morgan fingerprint density at radius 2 is 2.35 bits per heavy atom. The van der Waals surface area contributed by atoms with Crippen molar-refractivity contribution in [1.29, 1.82) is 0 Å². The van der Waals surface area contributed by atoms with Crippen LogP contribution >= 0.6 is 11.3 Å². The number of amides is 1. The van der Waals surface area contributed by atoms with E-state index in [0.717, 1.165) is 5.56 Å². The van der Waals surface area contributed by atoms with Crippen molar-refractivity contribution in [3.8, 4) is 0 Å². The van der Waals surface area contributed by atoms with Gasteiger partial charge in [0.15, 0.2) is 5.13 Å². The number of carbonyl (C=O) groups is 1. The second kappa shape index (κ2) is 4.54. The Balaban J connectivity index is 2.04.